The summed E-state index contributed by atoms with van der Waals surface area (Å²) in [5, 5.41) is 6.36. The topological polar surface area (TPSA) is 44.4 Å². The molecule has 0 aromatic heterocycles. The van der Waals surface area contributed by atoms with Crippen LogP contribution in [0, 0.1) is 0 Å². The van der Waals surface area contributed by atoms with Crippen molar-refractivity contribution in [2.24, 2.45) is 0 Å². The Morgan fingerprint density at radius 3 is 2.37 bits per heavy atom. The van der Waals surface area contributed by atoms with E-state index in [4.69, 9.17) is 11.6 Å². The number of rotatable bonds is 7. The summed E-state index contributed by atoms with van der Waals surface area (Å²) in [5.41, 5.74) is 1.03. The molecule has 2 amide bonds. The lowest BCUT2D eigenvalue weighted by atomic mass is 10.2. The maximum absolute atomic E-state index is 11.6. The molecule has 0 heterocycles. The van der Waals surface area contributed by atoms with Gasteiger partial charge < -0.3 is 15.5 Å². The molecular weight excluding hydrogens is 262 g/mol. The minimum absolute atomic E-state index is 0.137. The zero-order valence-electron chi connectivity index (χ0n) is 11.6. The quantitative estimate of drug-likeness (QED) is 0.807. The standard InChI is InChI=1S/C14H22ClN3O/c1-3-18(4-2)10-9-16-14(19)17-11-12-5-7-13(15)8-6-12/h5-8H,3-4,9-11H2,1-2H3,(H2,16,17,19). The van der Waals surface area contributed by atoms with Gasteiger partial charge in [0.1, 0.15) is 0 Å². The van der Waals surface area contributed by atoms with Crippen molar-refractivity contribution in [2.75, 3.05) is 26.2 Å². The van der Waals surface area contributed by atoms with Crippen LogP contribution in [0.2, 0.25) is 5.02 Å². The van der Waals surface area contributed by atoms with E-state index in [0.717, 1.165) is 25.2 Å². The third-order valence-electron chi connectivity index (χ3n) is 2.97. The Hall–Kier alpha value is -1.26. The van der Waals surface area contributed by atoms with Crippen LogP contribution in [0.5, 0.6) is 0 Å². The summed E-state index contributed by atoms with van der Waals surface area (Å²) in [6, 6.07) is 7.30. The van der Waals surface area contributed by atoms with Crippen molar-refractivity contribution in [3.8, 4) is 0 Å². The van der Waals surface area contributed by atoms with E-state index in [9.17, 15) is 4.79 Å². The van der Waals surface area contributed by atoms with Crippen molar-refractivity contribution < 1.29 is 4.79 Å². The summed E-state index contributed by atoms with van der Waals surface area (Å²) in [6.45, 7) is 8.28. The van der Waals surface area contributed by atoms with Crippen molar-refractivity contribution in [2.45, 2.75) is 20.4 Å². The molecule has 0 spiro atoms. The molecule has 0 aliphatic carbocycles. The predicted octanol–water partition coefficient (Wildman–Crippen LogP) is 2.48. The molecule has 0 fully saturated rings. The summed E-state index contributed by atoms with van der Waals surface area (Å²) in [5.74, 6) is 0. The number of carbonyl (C=O) groups excluding carboxylic acids is 1. The Morgan fingerprint density at radius 2 is 1.79 bits per heavy atom. The zero-order valence-corrected chi connectivity index (χ0v) is 12.3. The van der Waals surface area contributed by atoms with Gasteiger partial charge in [-0.2, -0.15) is 0 Å². The smallest absolute Gasteiger partial charge is 0.315 e. The summed E-state index contributed by atoms with van der Waals surface area (Å²) in [4.78, 5) is 13.8. The van der Waals surface area contributed by atoms with Crippen LogP contribution in [-0.2, 0) is 6.54 Å². The van der Waals surface area contributed by atoms with Crippen LogP contribution >= 0.6 is 11.6 Å². The van der Waals surface area contributed by atoms with Gasteiger partial charge in [0.25, 0.3) is 0 Å². The Kier molecular flexibility index (Phi) is 7.30. The molecule has 0 unspecified atom stereocenters. The van der Waals surface area contributed by atoms with Crippen LogP contribution in [0.15, 0.2) is 24.3 Å². The molecule has 19 heavy (non-hydrogen) atoms. The van der Waals surface area contributed by atoms with E-state index in [1.165, 1.54) is 0 Å². The van der Waals surface area contributed by atoms with Crippen LogP contribution in [0.3, 0.4) is 0 Å². The molecule has 106 valence electrons. The van der Waals surface area contributed by atoms with E-state index in [1.807, 2.05) is 24.3 Å². The Balaban J connectivity index is 2.19. The maximum atomic E-state index is 11.6. The average Bonchev–Trinajstić information content (AvgIpc) is 2.43. The van der Waals surface area contributed by atoms with Crippen molar-refractivity contribution >= 4 is 17.6 Å². The molecule has 2 N–H and O–H groups in total. The first-order valence-electron chi connectivity index (χ1n) is 6.64. The maximum Gasteiger partial charge on any atom is 0.315 e. The summed E-state index contributed by atoms with van der Waals surface area (Å²) >= 11 is 5.80. The molecule has 0 radical (unpaired) electrons. The van der Waals surface area contributed by atoms with Gasteiger partial charge in [-0.3, -0.25) is 0 Å². The third-order valence-corrected chi connectivity index (χ3v) is 3.23. The van der Waals surface area contributed by atoms with Gasteiger partial charge in [-0.15, -0.1) is 0 Å². The monoisotopic (exact) mass is 283 g/mol. The number of likely N-dealkylation sites (N-methyl/N-ethyl adjacent to an activating group) is 1. The Bertz CT molecular complexity index is 377. The molecule has 0 aliphatic rings. The molecule has 1 aromatic rings. The largest absolute Gasteiger partial charge is 0.337 e. The lowest BCUT2D eigenvalue weighted by Gasteiger charge is -2.18. The second kappa shape index (κ2) is 8.77. The first kappa shape index (κ1) is 15.8. The molecule has 1 aromatic carbocycles. The van der Waals surface area contributed by atoms with E-state index in [-0.39, 0.29) is 6.03 Å². The molecular formula is C14H22ClN3O. The summed E-state index contributed by atoms with van der Waals surface area (Å²) in [7, 11) is 0. The fourth-order valence-electron chi connectivity index (χ4n) is 1.71. The molecule has 5 heteroatoms. The van der Waals surface area contributed by atoms with Crippen LogP contribution in [0.1, 0.15) is 19.4 Å². The first-order valence-corrected chi connectivity index (χ1v) is 7.02. The normalized spacial score (nSPS) is 10.5. The molecule has 0 aliphatic heterocycles. The van der Waals surface area contributed by atoms with Crippen molar-refractivity contribution in [3.63, 3.8) is 0 Å². The lowest BCUT2D eigenvalue weighted by molar-refractivity contribution is 0.236. The fourth-order valence-corrected chi connectivity index (χ4v) is 1.84. The van der Waals surface area contributed by atoms with Crippen LogP contribution in [0.4, 0.5) is 4.79 Å². The first-order chi connectivity index (χ1) is 9.15. The molecule has 0 bridgehead atoms. The number of hydrogen-bond donors (Lipinski definition) is 2. The second-order valence-corrected chi connectivity index (χ2v) is 4.70. The average molecular weight is 284 g/mol. The van der Waals surface area contributed by atoms with Crippen LogP contribution in [0.25, 0.3) is 0 Å². The number of halogens is 1. The molecule has 0 atom stereocenters. The zero-order chi connectivity index (χ0) is 14.1. The van der Waals surface area contributed by atoms with Gasteiger partial charge in [-0.1, -0.05) is 37.6 Å². The van der Waals surface area contributed by atoms with E-state index >= 15 is 0 Å². The van der Waals surface area contributed by atoms with Crippen LogP contribution < -0.4 is 10.6 Å². The fraction of sp³-hybridized carbons (Fsp3) is 0.500. The number of benzene rings is 1. The number of hydrogen-bond acceptors (Lipinski definition) is 2. The van der Waals surface area contributed by atoms with Gasteiger partial charge in [0.05, 0.1) is 0 Å². The highest BCUT2D eigenvalue weighted by atomic mass is 35.5. The molecule has 1 rings (SSSR count). The second-order valence-electron chi connectivity index (χ2n) is 4.26. The van der Waals surface area contributed by atoms with Gasteiger partial charge >= 0.3 is 6.03 Å². The van der Waals surface area contributed by atoms with E-state index in [0.29, 0.717) is 18.1 Å². The number of nitrogens with one attached hydrogen (secondary N) is 2. The highest BCUT2D eigenvalue weighted by Gasteiger charge is 2.02. The predicted molar refractivity (Wildman–Crippen MR) is 79.5 cm³/mol. The van der Waals surface area contributed by atoms with Crippen LogP contribution in [-0.4, -0.2) is 37.1 Å². The minimum atomic E-state index is -0.137. The molecule has 0 saturated carbocycles. The minimum Gasteiger partial charge on any atom is -0.337 e. The van der Waals surface area contributed by atoms with Gasteiger partial charge in [-0.25, -0.2) is 4.79 Å². The van der Waals surface area contributed by atoms with E-state index < -0.39 is 0 Å². The summed E-state index contributed by atoms with van der Waals surface area (Å²) in [6.07, 6.45) is 0. The third kappa shape index (κ3) is 6.45. The SMILES string of the molecule is CCN(CC)CCNC(=O)NCc1ccc(Cl)cc1. The number of urea groups is 1. The highest BCUT2D eigenvalue weighted by molar-refractivity contribution is 6.30. The summed E-state index contributed by atoms with van der Waals surface area (Å²) < 4.78 is 0. The number of nitrogens with zero attached hydrogens (tertiary/aromatic N) is 1. The molecule has 0 saturated heterocycles. The van der Waals surface area contributed by atoms with Gasteiger partial charge in [0.15, 0.2) is 0 Å². The highest BCUT2D eigenvalue weighted by Crippen LogP contribution is 2.08. The van der Waals surface area contributed by atoms with Gasteiger partial charge in [0.2, 0.25) is 0 Å². The van der Waals surface area contributed by atoms with Crippen molar-refractivity contribution in [3.05, 3.63) is 34.9 Å². The number of amides is 2. The van der Waals surface area contributed by atoms with Crippen molar-refractivity contribution in [1.29, 1.82) is 0 Å². The van der Waals surface area contributed by atoms with E-state index in [2.05, 4.69) is 29.4 Å². The van der Waals surface area contributed by atoms with Gasteiger partial charge in [-0.05, 0) is 30.8 Å². The number of carbonyl (C=O) groups is 1. The lowest BCUT2D eigenvalue weighted by Crippen LogP contribution is -2.40. The Labute approximate surface area is 120 Å². The van der Waals surface area contributed by atoms with Crippen molar-refractivity contribution in [1.82, 2.24) is 15.5 Å². The van der Waals surface area contributed by atoms with Gasteiger partial charge in [0, 0.05) is 24.7 Å². The molecule has 4 nitrogen and oxygen atoms in total. The van der Waals surface area contributed by atoms with E-state index in [1.54, 1.807) is 0 Å². The Morgan fingerprint density at radius 1 is 1.16 bits per heavy atom.